The van der Waals surface area contributed by atoms with Gasteiger partial charge in [-0.15, -0.1) is 0 Å². The minimum Gasteiger partial charge on any atom is -0.378 e. The van der Waals surface area contributed by atoms with Gasteiger partial charge in [0.1, 0.15) is 0 Å². The van der Waals surface area contributed by atoms with Crippen LogP contribution in [0.2, 0.25) is 0 Å². The predicted molar refractivity (Wildman–Crippen MR) is 67.0 cm³/mol. The van der Waals surface area contributed by atoms with E-state index in [0.29, 0.717) is 39.3 Å². The summed E-state index contributed by atoms with van der Waals surface area (Å²) in [7, 11) is 0. The molecule has 2 amide bonds. The average molecular weight is 254 g/mol. The Kier molecular flexibility index (Phi) is 3.61. The van der Waals surface area contributed by atoms with Gasteiger partial charge in [0, 0.05) is 31.6 Å². The standard InChI is InChI=1S/C13H22N2O3/c1-13(2,3)15-9-10(8-11(15)16)12(17)14-4-6-18-7-5-14/h10H,4-9H2,1-3H3. The molecule has 1 atom stereocenters. The molecule has 2 saturated heterocycles. The summed E-state index contributed by atoms with van der Waals surface area (Å²) in [6.45, 7) is 9.09. The number of likely N-dealkylation sites (tertiary alicyclic amines) is 1. The molecule has 0 aromatic heterocycles. The van der Waals surface area contributed by atoms with E-state index in [1.807, 2.05) is 30.6 Å². The molecule has 2 fully saturated rings. The Morgan fingerprint density at radius 1 is 1.28 bits per heavy atom. The van der Waals surface area contributed by atoms with Crippen molar-refractivity contribution >= 4 is 11.8 Å². The first kappa shape index (κ1) is 13.3. The van der Waals surface area contributed by atoms with E-state index in [1.54, 1.807) is 0 Å². The highest BCUT2D eigenvalue weighted by atomic mass is 16.5. The van der Waals surface area contributed by atoms with E-state index in [0.717, 1.165) is 0 Å². The molecule has 2 aliphatic heterocycles. The normalized spacial score (nSPS) is 25.7. The van der Waals surface area contributed by atoms with Gasteiger partial charge in [-0.1, -0.05) is 0 Å². The molecule has 18 heavy (non-hydrogen) atoms. The topological polar surface area (TPSA) is 49.9 Å². The Morgan fingerprint density at radius 2 is 1.89 bits per heavy atom. The summed E-state index contributed by atoms with van der Waals surface area (Å²) in [5.74, 6) is 0.0299. The Hall–Kier alpha value is -1.10. The van der Waals surface area contributed by atoms with Crippen LogP contribution in [0, 0.1) is 5.92 Å². The van der Waals surface area contributed by atoms with Crippen LogP contribution in [0.15, 0.2) is 0 Å². The van der Waals surface area contributed by atoms with Crippen LogP contribution in [-0.4, -0.2) is 60.0 Å². The molecule has 5 heteroatoms. The largest absolute Gasteiger partial charge is 0.378 e. The highest BCUT2D eigenvalue weighted by Gasteiger charge is 2.40. The van der Waals surface area contributed by atoms with Gasteiger partial charge in [-0.25, -0.2) is 0 Å². The lowest BCUT2D eigenvalue weighted by Gasteiger charge is -2.33. The van der Waals surface area contributed by atoms with E-state index >= 15 is 0 Å². The second kappa shape index (κ2) is 4.88. The third kappa shape index (κ3) is 2.66. The van der Waals surface area contributed by atoms with E-state index < -0.39 is 0 Å². The lowest BCUT2D eigenvalue weighted by molar-refractivity contribution is -0.139. The number of carbonyl (C=O) groups excluding carboxylic acids is 2. The van der Waals surface area contributed by atoms with Crippen LogP contribution in [0.5, 0.6) is 0 Å². The zero-order valence-corrected chi connectivity index (χ0v) is 11.4. The number of amides is 2. The summed E-state index contributed by atoms with van der Waals surface area (Å²) < 4.78 is 5.24. The molecular formula is C13H22N2O3. The molecule has 2 heterocycles. The lowest BCUT2D eigenvalue weighted by Crippen LogP contribution is -2.46. The monoisotopic (exact) mass is 254 g/mol. The minimum absolute atomic E-state index is 0.0918. The number of nitrogens with zero attached hydrogens (tertiary/aromatic N) is 2. The van der Waals surface area contributed by atoms with E-state index in [9.17, 15) is 9.59 Å². The Labute approximate surface area is 108 Å². The molecule has 2 aliphatic rings. The van der Waals surface area contributed by atoms with E-state index in [2.05, 4.69) is 0 Å². The molecule has 1 unspecified atom stereocenters. The molecule has 2 rings (SSSR count). The Balaban J connectivity index is 1.99. The van der Waals surface area contributed by atoms with Crippen molar-refractivity contribution in [3.05, 3.63) is 0 Å². The van der Waals surface area contributed by atoms with Crippen molar-refractivity contribution in [1.29, 1.82) is 0 Å². The van der Waals surface area contributed by atoms with Gasteiger partial charge in [-0.3, -0.25) is 9.59 Å². The number of morpholine rings is 1. The number of ether oxygens (including phenoxy) is 1. The molecule has 0 N–H and O–H groups in total. The highest BCUT2D eigenvalue weighted by Crippen LogP contribution is 2.27. The van der Waals surface area contributed by atoms with E-state index in [-0.39, 0.29) is 23.3 Å². The fraction of sp³-hybridized carbons (Fsp3) is 0.846. The van der Waals surface area contributed by atoms with Gasteiger partial charge in [-0.05, 0) is 20.8 Å². The number of carbonyl (C=O) groups is 2. The number of rotatable bonds is 1. The summed E-state index contributed by atoms with van der Waals surface area (Å²) >= 11 is 0. The quantitative estimate of drug-likeness (QED) is 0.684. The summed E-state index contributed by atoms with van der Waals surface area (Å²) in [6.07, 6.45) is 0.355. The predicted octanol–water partition coefficient (Wildman–Crippen LogP) is 0.492. The fourth-order valence-corrected chi connectivity index (χ4v) is 2.56. The maximum absolute atomic E-state index is 12.3. The SMILES string of the molecule is CC(C)(C)N1CC(C(=O)N2CCOCC2)CC1=O. The smallest absolute Gasteiger partial charge is 0.228 e. The van der Waals surface area contributed by atoms with Crippen molar-refractivity contribution in [3.63, 3.8) is 0 Å². The molecule has 0 aliphatic carbocycles. The van der Waals surface area contributed by atoms with Gasteiger partial charge < -0.3 is 14.5 Å². The average Bonchev–Trinajstić information content (AvgIpc) is 2.71. The molecular weight excluding hydrogens is 232 g/mol. The molecule has 102 valence electrons. The zero-order chi connectivity index (χ0) is 13.3. The maximum Gasteiger partial charge on any atom is 0.228 e. The van der Waals surface area contributed by atoms with Gasteiger partial charge in [0.25, 0.3) is 0 Å². The molecule has 0 aromatic rings. The molecule has 0 aromatic carbocycles. The fourth-order valence-electron chi connectivity index (χ4n) is 2.56. The van der Waals surface area contributed by atoms with E-state index in [4.69, 9.17) is 4.74 Å². The summed E-state index contributed by atoms with van der Waals surface area (Å²) in [5.41, 5.74) is -0.197. The third-order valence-electron chi connectivity index (χ3n) is 3.61. The number of hydrogen-bond donors (Lipinski definition) is 0. The van der Waals surface area contributed by atoms with E-state index in [1.165, 1.54) is 0 Å². The Bertz CT molecular complexity index is 343. The van der Waals surface area contributed by atoms with Crippen molar-refractivity contribution in [2.45, 2.75) is 32.7 Å². The second-order valence-corrected chi connectivity index (χ2v) is 6.01. The van der Waals surface area contributed by atoms with Crippen molar-refractivity contribution in [3.8, 4) is 0 Å². The highest BCUT2D eigenvalue weighted by molar-refractivity contribution is 5.89. The molecule has 0 saturated carbocycles. The Morgan fingerprint density at radius 3 is 2.39 bits per heavy atom. The van der Waals surface area contributed by atoms with Crippen LogP contribution in [0.3, 0.4) is 0 Å². The number of hydrogen-bond acceptors (Lipinski definition) is 3. The third-order valence-corrected chi connectivity index (χ3v) is 3.61. The second-order valence-electron chi connectivity index (χ2n) is 6.01. The minimum atomic E-state index is -0.197. The molecule has 0 radical (unpaired) electrons. The first-order valence-corrected chi connectivity index (χ1v) is 6.56. The lowest BCUT2D eigenvalue weighted by atomic mass is 10.1. The van der Waals surface area contributed by atoms with Crippen molar-refractivity contribution < 1.29 is 14.3 Å². The summed E-state index contributed by atoms with van der Waals surface area (Å²) in [4.78, 5) is 27.9. The van der Waals surface area contributed by atoms with Gasteiger partial charge in [-0.2, -0.15) is 0 Å². The molecule has 0 spiro atoms. The van der Waals surface area contributed by atoms with Crippen molar-refractivity contribution in [1.82, 2.24) is 9.80 Å². The molecule has 5 nitrogen and oxygen atoms in total. The van der Waals surface area contributed by atoms with Crippen LogP contribution < -0.4 is 0 Å². The maximum atomic E-state index is 12.3. The van der Waals surface area contributed by atoms with Crippen LogP contribution in [0.1, 0.15) is 27.2 Å². The van der Waals surface area contributed by atoms with Crippen molar-refractivity contribution in [2.24, 2.45) is 5.92 Å². The molecule has 0 bridgehead atoms. The first-order chi connectivity index (χ1) is 8.39. The van der Waals surface area contributed by atoms with Crippen LogP contribution >= 0.6 is 0 Å². The van der Waals surface area contributed by atoms with Gasteiger partial charge >= 0.3 is 0 Å². The summed E-state index contributed by atoms with van der Waals surface area (Å²) in [5, 5.41) is 0. The van der Waals surface area contributed by atoms with Crippen molar-refractivity contribution in [2.75, 3.05) is 32.8 Å². The zero-order valence-electron chi connectivity index (χ0n) is 11.4. The van der Waals surface area contributed by atoms with Crippen LogP contribution in [0.4, 0.5) is 0 Å². The summed E-state index contributed by atoms with van der Waals surface area (Å²) in [6, 6.07) is 0. The first-order valence-electron chi connectivity index (χ1n) is 6.56. The van der Waals surface area contributed by atoms with Crippen LogP contribution in [-0.2, 0) is 14.3 Å². The van der Waals surface area contributed by atoms with Gasteiger partial charge in [0.05, 0.1) is 19.1 Å². The van der Waals surface area contributed by atoms with Gasteiger partial charge in [0.15, 0.2) is 0 Å². The van der Waals surface area contributed by atoms with Crippen LogP contribution in [0.25, 0.3) is 0 Å². The van der Waals surface area contributed by atoms with Gasteiger partial charge in [0.2, 0.25) is 11.8 Å².